The average Bonchev–Trinajstić information content (AvgIpc) is 3.01. The lowest BCUT2D eigenvalue weighted by molar-refractivity contribution is -0.141. The van der Waals surface area contributed by atoms with Crippen LogP contribution in [0.25, 0.3) is 0 Å². The second-order valence-corrected chi connectivity index (χ2v) is 7.20. The Morgan fingerprint density at radius 1 is 1.50 bits per heavy atom. The van der Waals surface area contributed by atoms with Gasteiger partial charge in [-0.15, -0.1) is 11.3 Å². The van der Waals surface area contributed by atoms with E-state index in [4.69, 9.17) is 0 Å². The monoisotopic (exact) mass is 358 g/mol. The van der Waals surface area contributed by atoms with Crippen molar-refractivity contribution in [1.29, 1.82) is 0 Å². The number of alkyl halides is 3. The van der Waals surface area contributed by atoms with E-state index in [0.29, 0.717) is 11.0 Å². The van der Waals surface area contributed by atoms with E-state index in [1.807, 2.05) is 0 Å². The molecule has 0 bridgehead atoms. The van der Waals surface area contributed by atoms with Crippen LogP contribution in [0.5, 0.6) is 0 Å². The normalized spacial score (nSPS) is 17.6. The van der Waals surface area contributed by atoms with E-state index in [1.54, 1.807) is 0 Å². The molecule has 0 aliphatic heterocycles. The van der Waals surface area contributed by atoms with Crippen LogP contribution in [0.1, 0.15) is 35.3 Å². The van der Waals surface area contributed by atoms with Crippen molar-refractivity contribution in [1.82, 2.24) is 14.8 Å². The number of fused-ring (bicyclic) bond motifs is 1. The summed E-state index contributed by atoms with van der Waals surface area (Å²) in [5.74, 6) is 0.170. The first-order valence-corrected chi connectivity index (χ1v) is 8.44. The molecule has 0 radical (unpaired) electrons. The van der Waals surface area contributed by atoms with Crippen LogP contribution < -0.4 is 5.32 Å². The second kappa shape index (κ2) is 6.19. The Kier molecular flexibility index (Phi) is 4.37. The van der Waals surface area contributed by atoms with Gasteiger partial charge in [0.25, 0.3) is 0 Å². The zero-order valence-electron chi connectivity index (χ0n) is 13.3. The molecule has 1 N–H and O–H groups in total. The van der Waals surface area contributed by atoms with Crippen molar-refractivity contribution < 1.29 is 18.0 Å². The van der Waals surface area contributed by atoms with Crippen LogP contribution >= 0.6 is 11.3 Å². The number of nitrogens with one attached hydrogen (secondary N) is 1. The Balaban J connectivity index is 1.67. The van der Waals surface area contributed by atoms with Crippen molar-refractivity contribution in [2.45, 2.75) is 45.8 Å². The van der Waals surface area contributed by atoms with Gasteiger partial charge in [-0.05, 0) is 38.2 Å². The minimum atomic E-state index is -4.52. The van der Waals surface area contributed by atoms with Crippen molar-refractivity contribution in [2.24, 2.45) is 5.92 Å². The Hall–Kier alpha value is -1.90. The van der Waals surface area contributed by atoms with E-state index in [2.05, 4.69) is 22.3 Å². The number of carbonyl (C=O) groups excluding carboxylic acids is 1. The standard InChI is InChI=1S/C15H17F3N4OS/c1-8-3-4-10-11(5-8)24-14(19-10)20-13(23)7-22-9(2)6-12(21-22)15(16,17)18/h6,8H,3-5,7H2,1-2H3,(H,19,20,23). The third kappa shape index (κ3) is 3.61. The fourth-order valence-electron chi connectivity index (χ4n) is 2.70. The predicted molar refractivity (Wildman–Crippen MR) is 83.9 cm³/mol. The second-order valence-electron chi connectivity index (χ2n) is 6.11. The van der Waals surface area contributed by atoms with Gasteiger partial charge in [-0.2, -0.15) is 18.3 Å². The largest absolute Gasteiger partial charge is 0.435 e. The van der Waals surface area contributed by atoms with E-state index in [0.717, 1.165) is 35.7 Å². The van der Waals surface area contributed by atoms with Gasteiger partial charge in [-0.1, -0.05) is 6.92 Å². The molecule has 0 saturated heterocycles. The van der Waals surface area contributed by atoms with Gasteiger partial charge in [0.05, 0.1) is 5.69 Å². The van der Waals surface area contributed by atoms with Gasteiger partial charge in [-0.3, -0.25) is 9.48 Å². The van der Waals surface area contributed by atoms with Gasteiger partial charge in [-0.25, -0.2) is 4.98 Å². The fourth-order valence-corrected chi connectivity index (χ4v) is 3.88. The van der Waals surface area contributed by atoms with E-state index >= 15 is 0 Å². The molecule has 0 aromatic carbocycles. The van der Waals surface area contributed by atoms with Gasteiger partial charge >= 0.3 is 6.18 Å². The number of carbonyl (C=O) groups is 1. The number of rotatable bonds is 3. The number of hydrogen-bond donors (Lipinski definition) is 1. The molecule has 0 spiro atoms. The van der Waals surface area contributed by atoms with E-state index in [9.17, 15) is 18.0 Å². The first kappa shape index (κ1) is 16.9. The molecule has 2 aromatic rings. The number of hydrogen-bond acceptors (Lipinski definition) is 4. The molecule has 130 valence electrons. The summed E-state index contributed by atoms with van der Waals surface area (Å²) in [5, 5.41) is 6.62. The highest BCUT2D eigenvalue weighted by atomic mass is 32.1. The molecule has 2 aromatic heterocycles. The van der Waals surface area contributed by atoms with Crippen LogP contribution in [0, 0.1) is 12.8 Å². The Morgan fingerprint density at radius 2 is 2.25 bits per heavy atom. The van der Waals surface area contributed by atoms with Gasteiger partial charge in [0, 0.05) is 10.6 Å². The maximum Gasteiger partial charge on any atom is 0.435 e. The molecule has 1 amide bonds. The first-order chi connectivity index (χ1) is 11.2. The van der Waals surface area contributed by atoms with Gasteiger partial charge < -0.3 is 5.32 Å². The van der Waals surface area contributed by atoms with Crippen LogP contribution in [0.2, 0.25) is 0 Å². The van der Waals surface area contributed by atoms with Crippen molar-refractivity contribution in [3.63, 3.8) is 0 Å². The maximum atomic E-state index is 12.6. The average molecular weight is 358 g/mol. The summed E-state index contributed by atoms with van der Waals surface area (Å²) in [7, 11) is 0. The van der Waals surface area contributed by atoms with Crippen molar-refractivity contribution in [2.75, 3.05) is 5.32 Å². The third-order valence-corrected chi connectivity index (χ3v) is 5.03. The SMILES string of the molecule is Cc1cc(C(F)(F)F)nn1CC(=O)Nc1nc2c(s1)CC(C)CC2. The summed E-state index contributed by atoms with van der Waals surface area (Å²) >= 11 is 1.44. The number of nitrogens with zero attached hydrogens (tertiary/aromatic N) is 3. The Labute approximate surface area is 140 Å². The summed E-state index contributed by atoms with van der Waals surface area (Å²) in [6, 6.07) is 0.927. The van der Waals surface area contributed by atoms with Crippen LogP contribution in [-0.2, 0) is 30.4 Å². The minimum Gasteiger partial charge on any atom is -0.300 e. The molecule has 9 heteroatoms. The smallest absolute Gasteiger partial charge is 0.300 e. The Morgan fingerprint density at radius 3 is 2.92 bits per heavy atom. The van der Waals surface area contributed by atoms with E-state index < -0.39 is 17.8 Å². The van der Waals surface area contributed by atoms with Gasteiger partial charge in [0.2, 0.25) is 5.91 Å². The highest BCUT2D eigenvalue weighted by Crippen LogP contribution is 2.32. The number of halogens is 3. The lowest BCUT2D eigenvalue weighted by atomic mass is 9.93. The van der Waals surface area contributed by atoms with Crippen LogP contribution in [-0.4, -0.2) is 20.7 Å². The topological polar surface area (TPSA) is 59.8 Å². The van der Waals surface area contributed by atoms with Crippen molar-refractivity contribution in [3.8, 4) is 0 Å². The molecule has 2 heterocycles. The summed E-state index contributed by atoms with van der Waals surface area (Å²) in [6.07, 6.45) is -1.58. The summed E-state index contributed by atoms with van der Waals surface area (Å²) < 4.78 is 39.0. The molecule has 1 aliphatic carbocycles. The minimum absolute atomic E-state index is 0.275. The highest BCUT2D eigenvalue weighted by molar-refractivity contribution is 7.15. The highest BCUT2D eigenvalue weighted by Gasteiger charge is 2.34. The maximum absolute atomic E-state index is 12.6. The van der Waals surface area contributed by atoms with E-state index in [-0.39, 0.29) is 12.2 Å². The molecule has 5 nitrogen and oxygen atoms in total. The molecule has 3 rings (SSSR count). The Bertz CT molecular complexity index is 765. The van der Waals surface area contributed by atoms with Crippen LogP contribution in [0.3, 0.4) is 0 Å². The van der Waals surface area contributed by atoms with E-state index in [1.165, 1.54) is 23.1 Å². The molecular weight excluding hydrogens is 341 g/mol. The quantitative estimate of drug-likeness (QED) is 0.914. The summed E-state index contributed by atoms with van der Waals surface area (Å²) in [4.78, 5) is 17.7. The fraction of sp³-hybridized carbons (Fsp3) is 0.533. The molecular formula is C15H17F3N4OS. The molecule has 0 saturated carbocycles. The van der Waals surface area contributed by atoms with Crippen molar-refractivity contribution in [3.05, 3.63) is 28.0 Å². The van der Waals surface area contributed by atoms with Crippen LogP contribution in [0.4, 0.5) is 18.3 Å². The van der Waals surface area contributed by atoms with Gasteiger partial charge in [0.15, 0.2) is 10.8 Å². The van der Waals surface area contributed by atoms with Crippen LogP contribution in [0.15, 0.2) is 6.07 Å². The third-order valence-electron chi connectivity index (χ3n) is 4.00. The molecule has 0 fully saturated rings. The molecule has 1 aliphatic rings. The number of thiazole rings is 1. The summed E-state index contributed by atoms with van der Waals surface area (Å²) in [5.41, 5.74) is 0.305. The van der Waals surface area contributed by atoms with Crippen molar-refractivity contribution >= 4 is 22.4 Å². The zero-order chi connectivity index (χ0) is 17.5. The molecule has 24 heavy (non-hydrogen) atoms. The number of aryl methyl sites for hydroxylation is 2. The summed E-state index contributed by atoms with van der Waals surface area (Å²) in [6.45, 7) is 3.39. The van der Waals surface area contributed by atoms with Gasteiger partial charge in [0.1, 0.15) is 6.54 Å². The zero-order valence-corrected chi connectivity index (χ0v) is 14.1. The first-order valence-electron chi connectivity index (χ1n) is 7.62. The molecule has 1 unspecified atom stereocenters. The predicted octanol–water partition coefficient (Wildman–Crippen LogP) is 3.43. The lowest BCUT2D eigenvalue weighted by Gasteiger charge is -2.15. The lowest BCUT2D eigenvalue weighted by Crippen LogP contribution is -2.20. The number of amides is 1. The number of aromatic nitrogens is 3. The molecule has 1 atom stereocenters. The number of anilines is 1.